The predicted molar refractivity (Wildman–Crippen MR) is 80.3 cm³/mol. The molecule has 0 aliphatic carbocycles. The van der Waals surface area contributed by atoms with Crippen LogP contribution in [0.1, 0.15) is 11.7 Å². The van der Waals surface area contributed by atoms with Crippen LogP contribution in [0.4, 0.5) is 9.18 Å². The van der Waals surface area contributed by atoms with Crippen molar-refractivity contribution in [2.24, 2.45) is 0 Å². The lowest BCUT2D eigenvalue weighted by Crippen LogP contribution is -2.38. The largest absolute Gasteiger partial charge is 0.387 e. The van der Waals surface area contributed by atoms with E-state index in [1.807, 2.05) is 6.08 Å². The van der Waals surface area contributed by atoms with Gasteiger partial charge >= 0.3 is 6.03 Å². The van der Waals surface area contributed by atoms with Gasteiger partial charge in [0.1, 0.15) is 5.82 Å². The Bertz CT molecular complexity index is 426. The lowest BCUT2D eigenvalue weighted by atomic mass is 10.1. The van der Waals surface area contributed by atoms with Crippen LogP contribution in [-0.2, 0) is 0 Å². The van der Waals surface area contributed by atoms with E-state index in [2.05, 4.69) is 17.2 Å². The number of aliphatic hydroxyl groups excluding tert-OH is 1. The molecule has 0 aromatic heterocycles. The Kier molecular flexibility index (Phi) is 7.75. The monoisotopic (exact) mass is 298 g/mol. The first kappa shape index (κ1) is 16.5. The van der Waals surface area contributed by atoms with Gasteiger partial charge in [0, 0.05) is 24.6 Å². The molecular formula is C14H19FN2O2S. The highest BCUT2D eigenvalue weighted by Crippen LogP contribution is 2.12. The molecule has 1 aromatic rings. The van der Waals surface area contributed by atoms with Gasteiger partial charge in [0.15, 0.2) is 0 Å². The first-order valence-electron chi connectivity index (χ1n) is 6.27. The highest BCUT2D eigenvalue weighted by molar-refractivity contribution is 7.99. The average molecular weight is 298 g/mol. The summed E-state index contributed by atoms with van der Waals surface area (Å²) in [4.78, 5) is 11.4. The van der Waals surface area contributed by atoms with Crippen LogP contribution in [0.25, 0.3) is 0 Å². The first-order valence-corrected chi connectivity index (χ1v) is 7.43. The third-order valence-electron chi connectivity index (χ3n) is 2.48. The van der Waals surface area contributed by atoms with Crippen molar-refractivity contribution in [2.45, 2.75) is 6.10 Å². The smallest absolute Gasteiger partial charge is 0.314 e. The van der Waals surface area contributed by atoms with Crippen LogP contribution in [0.3, 0.4) is 0 Å². The number of aliphatic hydroxyl groups is 1. The minimum Gasteiger partial charge on any atom is -0.387 e. The summed E-state index contributed by atoms with van der Waals surface area (Å²) in [5.74, 6) is 1.30. The van der Waals surface area contributed by atoms with Gasteiger partial charge in [-0.25, -0.2) is 9.18 Å². The van der Waals surface area contributed by atoms with E-state index in [4.69, 9.17) is 0 Å². The minimum absolute atomic E-state index is 0.0806. The molecular weight excluding hydrogens is 279 g/mol. The van der Waals surface area contributed by atoms with Crippen molar-refractivity contribution in [2.75, 3.05) is 24.6 Å². The van der Waals surface area contributed by atoms with Crippen LogP contribution in [0.5, 0.6) is 0 Å². The molecule has 1 unspecified atom stereocenters. The van der Waals surface area contributed by atoms with Crippen LogP contribution in [0, 0.1) is 5.82 Å². The van der Waals surface area contributed by atoms with Crippen LogP contribution in [0.15, 0.2) is 36.9 Å². The number of urea groups is 1. The zero-order valence-corrected chi connectivity index (χ0v) is 12.0. The molecule has 0 saturated heterocycles. The quantitative estimate of drug-likeness (QED) is 0.509. The molecule has 0 aliphatic rings. The summed E-state index contributed by atoms with van der Waals surface area (Å²) in [5, 5.41) is 15.1. The molecule has 3 N–H and O–H groups in total. The van der Waals surface area contributed by atoms with Gasteiger partial charge < -0.3 is 15.7 Å². The molecule has 6 heteroatoms. The number of thioether (sulfide) groups is 1. The van der Waals surface area contributed by atoms with Crippen LogP contribution in [-0.4, -0.2) is 35.7 Å². The van der Waals surface area contributed by atoms with Crippen molar-refractivity contribution in [1.82, 2.24) is 10.6 Å². The Hall–Kier alpha value is -1.53. The van der Waals surface area contributed by atoms with Crippen LogP contribution >= 0.6 is 11.8 Å². The highest BCUT2D eigenvalue weighted by Gasteiger charge is 2.09. The fraction of sp³-hybridized carbons (Fsp3) is 0.357. The van der Waals surface area contributed by atoms with Crippen molar-refractivity contribution in [3.8, 4) is 0 Å². The SMILES string of the molecule is C=CCSCCNC(=O)NCC(O)c1ccc(F)cc1. The maximum atomic E-state index is 12.7. The van der Waals surface area contributed by atoms with E-state index < -0.39 is 6.10 Å². The number of nitrogens with one attached hydrogen (secondary N) is 2. The number of hydrogen-bond donors (Lipinski definition) is 3. The summed E-state index contributed by atoms with van der Waals surface area (Å²) >= 11 is 1.67. The topological polar surface area (TPSA) is 61.4 Å². The minimum atomic E-state index is -0.850. The zero-order valence-electron chi connectivity index (χ0n) is 11.1. The number of hydrogen-bond acceptors (Lipinski definition) is 3. The Morgan fingerprint density at radius 3 is 2.75 bits per heavy atom. The number of benzene rings is 1. The normalized spacial score (nSPS) is 11.7. The van der Waals surface area contributed by atoms with Gasteiger partial charge in [-0.3, -0.25) is 0 Å². The van der Waals surface area contributed by atoms with Crippen molar-refractivity contribution >= 4 is 17.8 Å². The van der Waals surface area contributed by atoms with E-state index in [0.29, 0.717) is 12.1 Å². The summed E-state index contributed by atoms with van der Waals surface area (Å²) in [6.45, 7) is 4.24. The Labute approximate surface area is 122 Å². The summed E-state index contributed by atoms with van der Waals surface area (Å²) in [6.07, 6.45) is 0.959. The molecule has 0 spiro atoms. The molecule has 20 heavy (non-hydrogen) atoms. The Morgan fingerprint density at radius 2 is 2.10 bits per heavy atom. The van der Waals surface area contributed by atoms with Crippen molar-refractivity contribution in [3.05, 3.63) is 48.3 Å². The maximum absolute atomic E-state index is 12.7. The molecule has 0 aliphatic heterocycles. The van der Waals surface area contributed by atoms with Gasteiger partial charge in [-0.15, -0.1) is 6.58 Å². The van der Waals surface area contributed by atoms with E-state index in [-0.39, 0.29) is 18.4 Å². The predicted octanol–water partition coefficient (Wildman–Crippen LogP) is 2.08. The van der Waals surface area contributed by atoms with E-state index in [1.165, 1.54) is 24.3 Å². The van der Waals surface area contributed by atoms with E-state index in [0.717, 1.165) is 11.5 Å². The van der Waals surface area contributed by atoms with Gasteiger partial charge in [-0.1, -0.05) is 18.2 Å². The Balaban J connectivity index is 2.20. The second-order valence-corrected chi connectivity index (χ2v) is 5.22. The lowest BCUT2D eigenvalue weighted by molar-refractivity contribution is 0.173. The second-order valence-electron chi connectivity index (χ2n) is 4.07. The molecule has 4 nitrogen and oxygen atoms in total. The molecule has 1 aromatic carbocycles. The van der Waals surface area contributed by atoms with Gasteiger partial charge in [0.05, 0.1) is 6.10 Å². The van der Waals surface area contributed by atoms with E-state index >= 15 is 0 Å². The standard InChI is InChI=1S/C14H19FN2O2S/c1-2-8-20-9-7-16-14(19)17-10-13(18)11-3-5-12(15)6-4-11/h2-6,13,18H,1,7-10H2,(H2,16,17,19). The summed E-state index contributed by atoms with van der Waals surface area (Å²) in [7, 11) is 0. The van der Waals surface area contributed by atoms with Crippen molar-refractivity contribution < 1.29 is 14.3 Å². The molecule has 0 heterocycles. The van der Waals surface area contributed by atoms with Crippen LogP contribution < -0.4 is 10.6 Å². The van der Waals surface area contributed by atoms with Gasteiger partial charge in [-0.05, 0) is 17.7 Å². The first-order chi connectivity index (χ1) is 9.63. The van der Waals surface area contributed by atoms with E-state index in [1.54, 1.807) is 11.8 Å². The molecule has 0 bridgehead atoms. The summed E-state index contributed by atoms with van der Waals surface area (Å²) in [5.41, 5.74) is 0.563. The number of amides is 2. The average Bonchev–Trinajstić information content (AvgIpc) is 2.45. The maximum Gasteiger partial charge on any atom is 0.314 e. The number of halogens is 1. The third-order valence-corrected chi connectivity index (χ3v) is 3.44. The third kappa shape index (κ3) is 6.58. The molecule has 1 rings (SSSR count). The molecule has 110 valence electrons. The number of carbonyl (C=O) groups excluding carboxylic acids is 1. The molecule has 1 atom stereocenters. The van der Waals surface area contributed by atoms with Gasteiger partial charge in [-0.2, -0.15) is 11.8 Å². The van der Waals surface area contributed by atoms with Crippen molar-refractivity contribution in [1.29, 1.82) is 0 Å². The molecule has 0 saturated carbocycles. The fourth-order valence-electron chi connectivity index (χ4n) is 1.46. The van der Waals surface area contributed by atoms with Gasteiger partial charge in [0.2, 0.25) is 0 Å². The zero-order chi connectivity index (χ0) is 14.8. The second kappa shape index (κ2) is 9.39. The summed E-state index contributed by atoms with van der Waals surface area (Å²) < 4.78 is 12.7. The number of carbonyl (C=O) groups is 1. The fourth-order valence-corrected chi connectivity index (χ4v) is 2.04. The molecule has 0 radical (unpaired) electrons. The van der Waals surface area contributed by atoms with Crippen LogP contribution in [0.2, 0.25) is 0 Å². The van der Waals surface area contributed by atoms with Crippen molar-refractivity contribution in [3.63, 3.8) is 0 Å². The lowest BCUT2D eigenvalue weighted by Gasteiger charge is -2.12. The summed E-state index contributed by atoms with van der Waals surface area (Å²) in [6, 6.07) is 5.20. The molecule has 2 amide bonds. The highest BCUT2D eigenvalue weighted by atomic mass is 32.2. The number of rotatable bonds is 8. The molecule has 0 fully saturated rings. The van der Waals surface area contributed by atoms with E-state index in [9.17, 15) is 14.3 Å². The Morgan fingerprint density at radius 1 is 1.40 bits per heavy atom. The van der Waals surface area contributed by atoms with Gasteiger partial charge in [0.25, 0.3) is 0 Å².